The number of hydrogen-bond acceptors (Lipinski definition) is 4. The first-order valence-electron chi connectivity index (χ1n) is 7.86. The normalized spacial score (nSPS) is 20.5. The standard InChI is InChI=1S/C16H23N3O3/c1-2-17-16(19-8-6-13(20)10-19)18-7-5-12-3-4-14-15(9-12)22-11-21-14/h3-4,9,13,20H,2,5-8,10-11H2,1H3,(H,17,18)/t13-/m1/s1. The minimum atomic E-state index is -0.238. The lowest BCUT2D eigenvalue weighted by Crippen LogP contribution is -2.40. The van der Waals surface area contributed by atoms with Gasteiger partial charge in [-0.25, -0.2) is 0 Å². The van der Waals surface area contributed by atoms with E-state index in [-0.39, 0.29) is 6.10 Å². The van der Waals surface area contributed by atoms with Gasteiger partial charge in [0.05, 0.1) is 6.10 Å². The van der Waals surface area contributed by atoms with Gasteiger partial charge in [-0.1, -0.05) is 6.07 Å². The molecule has 0 aliphatic carbocycles. The number of aliphatic hydroxyl groups excluding tert-OH is 1. The van der Waals surface area contributed by atoms with Crippen molar-refractivity contribution in [2.75, 3.05) is 33.0 Å². The Labute approximate surface area is 130 Å². The molecule has 6 nitrogen and oxygen atoms in total. The third-order valence-corrected chi connectivity index (χ3v) is 3.90. The van der Waals surface area contributed by atoms with E-state index in [2.05, 4.69) is 28.2 Å². The summed E-state index contributed by atoms with van der Waals surface area (Å²) in [7, 11) is 0. The van der Waals surface area contributed by atoms with Crippen molar-refractivity contribution in [3.05, 3.63) is 23.8 Å². The molecule has 0 unspecified atom stereocenters. The van der Waals surface area contributed by atoms with Gasteiger partial charge in [0.2, 0.25) is 6.79 Å². The Kier molecular flexibility index (Phi) is 4.68. The molecule has 2 aliphatic rings. The Morgan fingerprint density at radius 2 is 2.27 bits per heavy atom. The molecule has 1 aromatic rings. The molecule has 0 saturated carbocycles. The summed E-state index contributed by atoms with van der Waals surface area (Å²) in [4.78, 5) is 6.79. The number of aliphatic imine (C=N–C) groups is 1. The quantitative estimate of drug-likeness (QED) is 0.641. The van der Waals surface area contributed by atoms with Crippen molar-refractivity contribution in [2.45, 2.75) is 25.9 Å². The number of aliphatic hydroxyl groups is 1. The van der Waals surface area contributed by atoms with E-state index in [1.165, 1.54) is 5.56 Å². The Hall–Kier alpha value is -1.95. The van der Waals surface area contributed by atoms with Gasteiger partial charge in [-0.05, 0) is 37.5 Å². The van der Waals surface area contributed by atoms with Gasteiger partial charge in [0.1, 0.15) is 0 Å². The van der Waals surface area contributed by atoms with Crippen LogP contribution in [0.5, 0.6) is 11.5 Å². The Morgan fingerprint density at radius 1 is 1.41 bits per heavy atom. The zero-order chi connectivity index (χ0) is 15.4. The first kappa shape index (κ1) is 15.0. The van der Waals surface area contributed by atoms with Gasteiger partial charge in [0.15, 0.2) is 17.5 Å². The van der Waals surface area contributed by atoms with Crippen LogP contribution in [-0.2, 0) is 6.42 Å². The number of fused-ring (bicyclic) bond motifs is 1. The molecule has 3 rings (SSSR count). The van der Waals surface area contributed by atoms with Crippen molar-refractivity contribution >= 4 is 5.96 Å². The fourth-order valence-corrected chi connectivity index (χ4v) is 2.75. The minimum Gasteiger partial charge on any atom is -0.454 e. The summed E-state index contributed by atoms with van der Waals surface area (Å²) in [6.45, 7) is 5.41. The summed E-state index contributed by atoms with van der Waals surface area (Å²) in [5, 5.41) is 13.0. The summed E-state index contributed by atoms with van der Waals surface area (Å²) in [5.41, 5.74) is 1.19. The van der Waals surface area contributed by atoms with Crippen molar-refractivity contribution in [1.29, 1.82) is 0 Å². The summed E-state index contributed by atoms with van der Waals surface area (Å²) in [6, 6.07) is 6.02. The maximum atomic E-state index is 9.66. The van der Waals surface area contributed by atoms with Crippen LogP contribution >= 0.6 is 0 Å². The molecule has 2 N–H and O–H groups in total. The summed E-state index contributed by atoms with van der Waals surface area (Å²) < 4.78 is 10.7. The molecule has 2 aliphatic heterocycles. The van der Waals surface area contributed by atoms with Crippen LogP contribution in [-0.4, -0.2) is 55.0 Å². The Bertz CT molecular complexity index is 547. The molecule has 1 saturated heterocycles. The van der Waals surface area contributed by atoms with E-state index >= 15 is 0 Å². The summed E-state index contributed by atoms with van der Waals surface area (Å²) in [5.74, 6) is 2.52. The van der Waals surface area contributed by atoms with E-state index in [1.54, 1.807) is 0 Å². The Morgan fingerprint density at radius 3 is 3.05 bits per heavy atom. The third kappa shape index (κ3) is 3.44. The van der Waals surface area contributed by atoms with Crippen molar-refractivity contribution in [3.63, 3.8) is 0 Å². The maximum absolute atomic E-state index is 9.66. The van der Waals surface area contributed by atoms with Gasteiger partial charge in [-0.3, -0.25) is 4.99 Å². The molecule has 1 atom stereocenters. The monoisotopic (exact) mass is 305 g/mol. The highest BCUT2D eigenvalue weighted by Crippen LogP contribution is 2.32. The molecule has 120 valence electrons. The summed E-state index contributed by atoms with van der Waals surface area (Å²) in [6.07, 6.45) is 1.42. The van der Waals surface area contributed by atoms with Crippen LogP contribution in [0.3, 0.4) is 0 Å². The number of ether oxygens (including phenoxy) is 2. The zero-order valence-corrected chi connectivity index (χ0v) is 12.9. The fraction of sp³-hybridized carbons (Fsp3) is 0.562. The Balaban J connectivity index is 1.59. The number of likely N-dealkylation sites (tertiary alicyclic amines) is 1. The van der Waals surface area contributed by atoms with Crippen molar-refractivity contribution < 1.29 is 14.6 Å². The topological polar surface area (TPSA) is 66.3 Å². The second kappa shape index (κ2) is 6.87. The lowest BCUT2D eigenvalue weighted by atomic mass is 10.1. The van der Waals surface area contributed by atoms with E-state index < -0.39 is 0 Å². The molecule has 0 bridgehead atoms. The van der Waals surface area contributed by atoms with Crippen LogP contribution in [0.2, 0.25) is 0 Å². The highest BCUT2D eigenvalue weighted by atomic mass is 16.7. The van der Waals surface area contributed by atoms with E-state index in [9.17, 15) is 5.11 Å². The molecule has 0 amide bonds. The van der Waals surface area contributed by atoms with Gasteiger partial charge in [0.25, 0.3) is 0 Å². The molecule has 0 radical (unpaired) electrons. The fourth-order valence-electron chi connectivity index (χ4n) is 2.75. The SMILES string of the molecule is CCNC(=NCCc1ccc2c(c1)OCO2)N1CC[C@@H](O)C1. The molecule has 22 heavy (non-hydrogen) atoms. The van der Waals surface area contributed by atoms with Crippen molar-refractivity contribution in [3.8, 4) is 11.5 Å². The van der Waals surface area contributed by atoms with Crippen molar-refractivity contribution in [1.82, 2.24) is 10.2 Å². The van der Waals surface area contributed by atoms with Gasteiger partial charge < -0.3 is 24.8 Å². The van der Waals surface area contributed by atoms with Crippen LogP contribution in [0.1, 0.15) is 18.9 Å². The van der Waals surface area contributed by atoms with Gasteiger partial charge in [-0.2, -0.15) is 0 Å². The van der Waals surface area contributed by atoms with Gasteiger partial charge >= 0.3 is 0 Å². The summed E-state index contributed by atoms with van der Waals surface area (Å²) >= 11 is 0. The lowest BCUT2D eigenvalue weighted by Gasteiger charge is -2.20. The second-order valence-electron chi connectivity index (χ2n) is 5.56. The number of rotatable bonds is 4. The van der Waals surface area contributed by atoms with Gasteiger partial charge in [-0.15, -0.1) is 0 Å². The van der Waals surface area contributed by atoms with Crippen LogP contribution in [0.15, 0.2) is 23.2 Å². The van der Waals surface area contributed by atoms with Crippen LogP contribution in [0, 0.1) is 0 Å². The largest absolute Gasteiger partial charge is 0.454 e. The van der Waals surface area contributed by atoms with Crippen LogP contribution in [0.25, 0.3) is 0 Å². The van der Waals surface area contributed by atoms with E-state index in [1.807, 2.05) is 12.1 Å². The molecular weight excluding hydrogens is 282 g/mol. The van der Waals surface area contributed by atoms with Gasteiger partial charge in [0, 0.05) is 26.2 Å². The highest BCUT2D eigenvalue weighted by Gasteiger charge is 2.22. The maximum Gasteiger partial charge on any atom is 0.231 e. The van der Waals surface area contributed by atoms with Crippen molar-refractivity contribution in [2.24, 2.45) is 4.99 Å². The zero-order valence-electron chi connectivity index (χ0n) is 12.9. The predicted molar refractivity (Wildman–Crippen MR) is 84.4 cm³/mol. The number of benzene rings is 1. The number of β-amino-alcohol motifs (C(OH)–C–C–N with tert-alkyl or cyclic N) is 1. The van der Waals surface area contributed by atoms with E-state index in [0.717, 1.165) is 43.4 Å². The average Bonchev–Trinajstić information content (AvgIpc) is 3.14. The average molecular weight is 305 g/mol. The molecular formula is C16H23N3O3. The lowest BCUT2D eigenvalue weighted by molar-refractivity contribution is 0.174. The first-order chi connectivity index (χ1) is 10.8. The second-order valence-corrected chi connectivity index (χ2v) is 5.56. The third-order valence-electron chi connectivity index (χ3n) is 3.90. The minimum absolute atomic E-state index is 0.238. The van der Waals surface area contributed by atoms with E-state index in [0.29, 0.717) is 19.9 Å². The first-order valence-corrected chi connectivity index (χ1v) is 7.86. The molecule has 1 aromatic carbocycles. The highest BCUT2D eigenvalue weighted by molar-refractivity contribution is 5.80. The molecule has 0 spiro atoms. The smallest absolute Gasteiger partial charge is 0.231 e. The van der Waals surface area contributed by atoms with Crippen LogP contribution < -0.4 is 14.8 Å². The molecule has 0 aromatic heterocycles. The number of hydrogen-bond donors (Lipinski definition) is 2. The number of nitrogens with one attached hydrogen (secondary N) is 1. The predicted octanol–water partition coefficient (Wildman–Crippen LogP) is 0.990. The number of nitrogens with zero attached hydrogens (tertiary/aromatic N) is 2. The molecule has 2 heterocycles. The van der Waals surface area contributed by atoms with Crippen LogP contribution in [0.4, 0.5) is 0 Å². The molecule has 6 heteroatoms. The molecule has 1 fully saturated rings. The van der Waals surface area contributed by atoms with E-state index in [4.69, 9.17) is 9.47 Å². The number of guanidine groups is 1.